The molecule has 25 nitrogen and oxygen atoms in total. The fourth-order valence-electron chi connectivity index (χ4n) is 7.95. The summed E-state index contributed by atoms with van der Waals surface area (Å²) in [5.74, 6) is -7.99. The largest absolute Gasteiger partial charge is 0.481 e. The van der Waals surface area contributed by atoms with Crippen molar-refractivity contribution >= 4 is 70.1 Å². The minimum atomic E-state index is -1.49. The number of aliphatic carboxylic acids is 1. The number of amides is 8. The maximum Gasteiger partial charge on any atom is 0.303 e. The van der Waals surface area contributed by atoms with Gasteiger partial charge in [0.2, 0.25) is 47.3 Å². The summed E-state index contributed by atoms with van der Waals surface area (Å²) in [6.45, 7) is 3.23. The number of nitrogens with zero attached hydrogens (tertiary/aromatic N) is 1. The number of nitrogens with two attached hydrogens (primary N) is 3. The number of rotatable bonds is 32. The number of hydrogen-bond donors (Lipinski definition) is 15. The van der Waals surface area contributed by atoms with Crippen LogP contribution in [-0.4, -0.2) is 135 Å². The highest BCUT2D eigenvalue weighted by Gasteiger charge is 2.35. The average molecular weight is 1030 g/mol. The first-order valence-electron chi connectivity index (χ1n) is 24.3. The third kappa shape index (κ3) is 19.3. The number of hydrogen-bond acceptors (Lipinski definition) is 12. The van der Waals surface area contributed by atoms with Crippen molar-refractivity contribution in [2.75, 3.05) is 13.1 Å². The molecule has 7 atom stereocenters. The van der Waals surface area contributed by atoms with E-state index in [1.807, 2.05) is 25.1 Å². The third-order valence-corrected chi connectivity index (χ3v) is 11.8. The molecule has 0 fully saturated rings. The Balaban J connectivity index is 1.67. The number of carbonyl (C=O) groups is 9. The molecule has 0 spiro atoms. The van der Waals surface area contributed by atoms with Gasteiger partial charge in [0.25, 0.3) is 0 Å². The molecule has 0 unspecified atom stereocenters. The Kier molecular flexibility index (Phi) is 23.5. The standard InChI is InChI=1S/C49H69N15O10/c1-3-4-14-35(58-28(2)65)43(69)61-37(17-18-41(66)67)45(71)64-40(24-31-26-54-27-57-31)48(74)62-38(22-29-11-6-5-7-12-29)46(72)60-36(16-10-21-55-49(52)53)44(70)63-39(47(73)59-34(19-20-50)42(51)68)23-30-25-56-33-15-9-8-13-32(30)33/h5-9,11-13,15,25-27,34-40,56H,3-4,10,14,16-24,50H2,1-2H3,(H2,51,68)(H,54,57)(H,58,65)(H,59,73)(H,60,72)(H,61,69)(H,62,74)(H,63,70)(H,64,71)(H,66,67)(H4,52,53,55)/t34-,35-,36-,37-,38+,39-,40-/m0/s1. The summed E-state index contributed by atoms with van der Waals surface area (Å²) >= 11 is 0. The molecule has 0 aliphatic carbocycles. The van der Waals surface area contributed by atoms with Crippen molar-refractivity contribution in [3.8, 4) is 0 Å². The highest BCUT2D eigenvalue weighted by molar-refractivity contribution is 5.98. The van der Waals surface area contributed by atoms with Crippen LogP contribution in [0.15, 0.2) is 73.3 Å². The van der Waals surface area contributed by atoms with Gasteiger partial charge in [-0.25, -0.2) is 4.98 Å². The number of primary amides is 1. The number of para-hydroxylation sites is 1. The van der Waals surface area contributed by atoms with Crippen LogP contribution in [0.2, 0.25) is 0 Å². The number of carboxylic acids is 1. The van der Waals surface area contributed by atoms with Crippen molar-refractivity contribution in [3.63, 3.8) is 0 Å². The number of unbranched alkanes of at least 4 members (excludes halogenated alkanes) is 1. The molecule has 74 heavy (non-hydrogen) atoms. The van der Waals surface area contributed by atoms with Gasteiger partial charge in [0.05, 0.1) is 12.0 Å². The molecule has 4 rings (SSSR count). The van der Waals surface area contributed by atoms with Crippen molar-refractivity contribution in [1.29, 1.82) is 5.41 Å². The summed E-state index contributed by atoms with van der Waals surface area (Å²) in [4.78, 5) is 131. The van der Waals surface area contributed by atoms with Gasteiger partial charge in [-0.3, -0.25) is 48.6 Å². The number of imidazole rings is 1. The van der Waals surface area contributed by atoms with Gasteiger partial charge < -0.3 is 74.8 Å². The molecule has 0 aliphatic heterocycles. The predicted octanol–water partition coefficient (Wildman–Crippen LogP) is -1.52. The SMILES string of the molecule is CCCC[C@H](NC(C)=O)C(=O)N[C@@H](CCC(=O)O)C(=O)N[C@@H](Cc1c[nH]cn1)C(=O)N[C@H](Cc1ccccc1)C(=O)N[C@@H](CCCNC(=N)N)C(=O)N[C@@H](Cc1c[nH]c2ccccc12)C(=O)N[C@@H](CCN)C(N)=O. The highest BCUT2D eigenvalue weighted by Crippen LogP contribution is 2.20. The summed E-state index contributed by atoms with van der Waals surface area (Å²) < 4.78 is 0. The maximum absolute atomic E-state index is 14.6. The van der Waals surface area contributed by atoms with E-state index >= 15 is 0 Å². The molecule has 4 aromatic rings. The summed E-state index contributed by atoms with van der Waals surface area (Å²) in [5.41, 5.74) is 19.1. The zero-order valence-corrected chi connectivity index (χ0v) is 41.5. The van der Waals surface area contributed by atoms with E-state index in [0.717, 1.165) is 10.9 Å². The second kappa shape index (κ2) is 29.9. The zero-order valence-electron chi connectivity index (χ0n) is 41.5. The third-order valence-electron chi connectivity index (χ3n) is 11.8. The second-order valence-corrected chi connectivity index (χ2v) is 17.7. The summed E-state index contributed by atoms with van der Waals surface area (Å²) in [5, 5.41) is 39.0. The number of aromatic amines is 2. The fraction of sp³-hybridized carbons (Fsp3) is 0.449. The molecular weight excluding hydrogens is 959 g/mol. The van der Waals surface area contributed by atoms with Crippen molar-refractivity contribution in [1.82, 2.24) is 57.5 Å². The molecular formula is C49H69N15O10. The van der Waals surface area contributed by atoms with Crippen LogP contribution in [0.5, 0.6) is 0 Å². The molecule has 2 heterocycles. The molecule has 25 heteroatoms. The van der Waals surface area contributed by atoms with E-state index in [1.165, 1.54) is 19.4 Å². The van der Waals surface area contributed by atoms with Crippen molar-refractivity contribution in [3.05, 3.63) is 90.1 Å². The lowest BCUT2D eigenvalue weighted by molar-refractivity contribution is -0.138. The van der Waals surface area contributed by atoms with Crippen LogP contribution in [0.1, 0.15) is 82.0 Å². The molecule has 8 amide bonds. The van der Waals surface area contributed by atoms with E-state index in [4.69, 9.17) is 22.6 Å². The lowest BCUT2D eigenvalue weighted by atomic mass is 10.0. The number of H-pyrrole nitrogens is 2. The van der Waals surface area contributed by atoms with Gasteiger partial charge in [-0.15, -0.1) is 0 Å². The quantitative estimate of drug-likeness (QED) is 0.0150. The number of aromatic nitrogens is 3. The second-order valence-electron chi connectivity index (χ2n) is 17.7. The lowest BCUT2D eigenvalue weighted by Crippen LogP contribution is -2.61. The summed E-state index contributed by atoms with van der Waals surface area (Å²) in [6.07, 6.45) is 4.65. The van der Waals surface area contributed by atoms with Gasteiger partial charge in [0, 0.05) is 62.4 Å². The highest BCUT2D eigenvalue weighted by atomic mass is 16.4. The smallest absolute Gasteiger partial charge is 0.303 e. The molecule has 0 bridgehead atoms. The molecule has 18 N–H and O–H groups in total. The first kappa shape index (κ1) is 58.2. The van der Waals surface area contributed by atoms with Crippen LogP contribution in [-0.2, 0) is 62.4 Å². The number of carbonyl (C=O) groups excluding carboxylic acids is 8. The zero-order chi connectivity index (χ0) is 54.2. The molecule has 2 aromatic carbocycles. The first-order chi connectivity index (χ1) is 35.4. The molecule has 0 saturated heterocycles. The van der Waals surface area contributed by atoms with Crippen molar-refractivity contribution in [2.45, 2.75) is 127 Å². The van der Waals surface area contributed by atoms with Crippen LogP contribution >= 0.6 is 0 Å². The van der Waals surface area contributed by atoms with Gasteiger partial charge in [-0.1, -0.05) is 68.3 Å². The number of carboxylic acid groups (broad SMARTS) is 1. The molecule has 400 valence electrons. The predicted molar refractivity (Wildman–Crippen MR) is 272 cm³/mol. The lowest BCUT2D eigenvalue weighted by Gasteiger charge is -2.28. The maximum atomic E-state index is 14.6. The van der Waals surface area contributed by atoms with Crippen LogP contribution < -0.4 is 59.7 Å². The number of guanidine groups is 1. The Morgan fingerprint density at radius 1 is 0.635 bits per heavy atom. The number of nitrogens with one attached hydrogen (secondary N) is 11. The van der Waals surface area contributed by atoms with Gasteiger partial charge in [-0.2, -0.15) is 0 Å². The first-order valence-corrected chi connectivity index (χ1v) is 24.3. The van der Waals surface area contributed by atoms with E-state index in [2.05, 4.69) is 57.5 Å². The van der Waals surface area contributed by atoms with Crippen LogP contribution in [0.25, 0.3) is 10.9 Å². The van der Waals surface area contributed by atoms with E-state index in [9.17, 15) is 48.3 Å². The number of benzene rings is 2. The summed E-state index contributed by atoms with van der Waals surface area (Å²) in [6, 6.07) is 6.50. The Morgan fingerprint density at radius 3 is 1.72 bits per heavy atom. The van der Waals surface area contributed by atoms with Crippen molar-refractivity contribution < 1.29 is 48.3 Å². The summed E-state index contributed by atoms with van der Waals surface area (Å²) in [7, 11) is 0. The van der Waals surface area contributed by atoms with E-state index < -0.39 is 108 Å². The number of fused-ring (bicyclic) bond motifs is 1. The van der Waals surface area contributed by atoms with Gasteiger partial charge in [0.1, 0.15) is 42.3 Å². The Labute approximate surface area is 427 Å². The topological polar surface area (TPSA) is 416 Å². The normalized spacial score (nSPS) is 13.8. The van der Waals surface area contributed by atoms with Crippen LogP contribution in [0.4, 0.5) is 0 Å². The molecule has 2 aromatic heterocycles. The Morgan fingerprint density at radius 2 is 1.16 bits per heavy atom. The van der Waals surface area contributed by atoms with Crippen LogP contribution in [0.3, 0.4) is 0 Å². The fourth-order valence-corrected chi connectivity index (χ4v) is 7.95. The molecule has 0 saturated carbocycles. The van der Waals surface area contributed by atoms with Crippen molar-refractivity contribution in [2.24, 2.45) is 17.2 Å². The monoisotopic (exact) mass is 1030 g/mol. The minimum absolute atomic E-state index is 0.0127. The van der Waals surface area contributed by atoms with Crippen LogP contribution in [0, 0.1) is 5.41 Å². The molecule has 0 aliphatic rings. The average Bonchev–Trinajstić information content (AvgIpc) is 4.04. The molecule has 0 radical (unpaired) electrons. The van der Waals surface area contributed by atoms with E-state index in [0.29, 0.717) is 29.7 Å². The van der Waals surface area contributed by atoms with E-state index in [-0.39, 0.29) is 64.0 Å². The van der Waals surface area contributed by atoms with E-state index in [1.54, 1.807) is 42.6 Å². The minimum Gasteiger partial charge on any atom is -0.481 e. The Bertz CT molecular complexity index is 2540. The van der Waals surface area contributed by atoms with Gasteiger partial charge >= 0.3 is 5.97 Å². The van der Waals surface area contributed by atoms with Gasteiger partial charge in [-0.05, 0) is 55.8 Å². The Hall–Kier alpha value is -8.35. The van der Waals surface area contributed by atoms with Gasteiger partial charge in [0.15, 0.2) is 5.96 Å².